The van der Waals surface area contributed by atoms with Gasteiger partial charge in [-0.25, -0.2) is 8.78 Å². The maximum absolute atomic E-state index is 13.1. The maximum Gasteiger partial charge on any atom is 0.299 e. The van der Waals surface area contributed by atoms with Crippen LogP contribution in [0.5, 0.6) is 11.5 Å². The molecule has 0 unspecified atom stereocenters. The number of nitro groups is 1. The van der Waals surface area contributed by atoms with Gasteiger partial charge in [0.05, 0.1) is 18.2 Å². The van der Waals surface area contributed by atoms with Crippen molar-refractivity contribution in [2.24, 2.45) is 5.10 Å². The number of halogens is 2. The molecule has 0 amide bonds. The molecule has 0 atom stereocenters. The first-order valence-corrected chi connectivity index (χ1v) is 10.0. The number of hydrogen-bond donors (Lipinski definition) is 0. The van der Waals surface area contributed by atoms with Crippen LogP contribution < -0.4 is 9.47 Å². The lowest BCUT2D eigenvalue weighted by Gasteiger charge is -2.11. The number of benzene rings is 2. The lowest BCUT2D eigenvalue weighted by Crippen LogP contribution is -2.02. The van der Waals surface area contributed by atoms with Gasteiger partial charge in [-0.2, -0.15) is 9.78 Å². The van der Waals surface area contributed by atoms with Crippen LogP contribution in [-0.2, 0) is 6.61 Å². The molecule has 162 valence electrons. The molecule has 31 heavy (non-hydrogen) atoms. The predicted octanol–water partition coefficient (Wildman–Crippen LogP) is 4.32. The third-order valence-corrected chi connectivity index (χ3v) is 4.70. The average molecular weight is 449 g/mol. The standard InChI is InChI=1S/C19H17F2N5O4S/c1-29-16-8-3-12(10-22-25-18(17(20)21)23-24-19(25)31-2)9-13(16)11-30-15-6-4-14(5-7-15)26(27)28/h3-10,17H,11H2,1-2H3/b22-10-. The predicted molar refractivity (Wildman–Crippen MR) is 110 cm³/mol. The maximum atomic E-state index is 13.1. The molecule has 0 aliphatic rings. The highest BCUT2D eigenvalue weighted by Gasteiger charge is 2.19. The highest BCUT2D eigenvalue weighted by atomic mass is 32.2. The summed E-state index contributed by atoms with van der Waals surface area (Å²) in [6.07, 6.45) is 0.280. The Bertz CT molecular complexity index is 1090. The topological polar surface area (TPSA) is 105 Å². The molecule has 0 aliphatic carbocycles. The second-order valence-electron chi connectivity index (χ2n) is 6.01. The van der Waals surface area contributed by atoms with Gasteiger partial charge >= 0.3 is 0 Å². The van der Waals surface area contributed by atoms with Gasteiger partial charge in [-0.05, 0) is 42.2 Å². The molecule has 12 heteroatoms. The second-order valence-corrected chi connectivity index (χ2v) is 6.79. The lowest BCUT2D eigenvalue weighted by molar-refractivity contribution is -0.384. The molecule has 0 aliphatic heterocycles. The van der Waals surface area contributed by atoms with E-state index in [1.807, 2.05) is 0 Å². The van der Waals surface area contributed by atoms with Gasteiger partial charge in [-0.15, -0.1) is 10.2 Å². The molecule has 0 spiro atoms. The Hall–Kier alpha value is -3.54. The van der Waals surface area contributed by atoms with Gasteiger partial charge in [0.1, 0.15) is 18.1 Å². The van der Waals surface area contributed by atoms with Crippen molar-refractivity contribution in [3.8, 4) is 11.5 Å². The van der Waals surface area contributed by atoms with Crippen LogP contribution in [0.4, 0.5) is 14.5 Å². The van der Waals surface area contributed by atoms with Gasteiger partial charge in [0.2, 0.25) is 11.0 Å². The zero-order valence-corrected chi connectivity index (χ0v) is 17.3. The van der Waals surface area contributed by atoms with Crippen LogP contribution in [0.2, 0.25) is 0 Å². The number of rotatable bonds is 9. The molecule has 0 N–H and O–H groups in total. The highest BCUT2D eigenvalue weighted by Crippen LogP contribution is 2.24. The molecule has 0 saturated heterocycles. The summed E-state index contributed by atoms with van der Waals surface area (Å²) in [5.41, 5.74) is 1.25. The zero-order valence-electron chi connectivity index (χ0n) is 16.4. The minimum atomic E-state index is -2.81. The summed E-state index contributed by atoms with van der Waals surface area (Å²) in [5, 5.41) is 22.2. The Labute approximate surface area is 179 Å². The van der Waals surface area contributed by atoms with E-state index in [0.717, 1.165) is 16.4 Å². The summed E-state index contributed by atoms with van der Waals surface area (Å²) >= 11 is 1.15. The van der Waals surface area contributed by atoms with Gasteiger partial charge in [-0.1, -0.05) is 11.8 Å². The summed E-state index contributed by atoms with van der Waals surface area (Å²) in [4.78, 5) is 10.2. The van der Waals surface area contributed by atoms with E-state index in [-0.39, 0.29) is 17.5 Å². The van der Waals surface area contributed by atoms with Crippen molar-refractivity contribution >= 4 is 23.7 Å². The van der Waals surface area contributed by atoms with Crippen LogP contribution >= 0.6 is 11.8 Å². The normalized spacial score (nSPS) is 11.3. The van der Waals surface area contributed by atoms with Crippen molar-refractivity contribution < 1.29 is 23.2 Å². The molecule has 0 saturated carbocycles. The van der Waals surface area contributed by atoms with Gasteiger partial charge in [-0.3, -0.25) is 10.1 Å². The summed E-state index contributed by atoms with van der Waals surface area (Å²) in [6.45, 7) is 0.119. The monoisotopic (exact) mass is 449 g/mol. The van der Waals surface area contributed by atoms with Crippen molar-refractivity contribution in [2.75, 3.05) is 13.4 Å². The molecule has 0 fully saturated rings. The SMILES string of the molecule is COc1ccc(/C=N\n2c(SC)nnc2C(F)F)cc1COc1ccc([N+](=O)[O-])cc1. The van der Waals surface area contributed by atoms with Gasteiger partial charge in [0.15, 0.2) is 0 Å². The number of alkyl halides is 2. The smallest absolute Gasteiger partial charge is 0.299 e. The number of thioether (sulfide) groups is 1. The van der Waals surface area contributed by atoms with E-state index in [1.165, 1.54) is 37.6 Å². The first-order chi connectivity index (χ1) is 14.9. The molecule has 9 nitrogen and oxygen atoms in total. The third kappa shape index (κ3) is 5.34. The Morgan fingerprint density at radius 2 is 2.00 bits per heavy atom. The Morgan fingerprint density at radius 1 is 1.26 bits per heavy atom. The van der Waals surface area contributed by atoms with Gasteiger partial charge in [0, 0.05) is 17.7 Å². The quantitative estimate of drug-likeness (QED) is 0.207. The van der Waals surface area contributed by atoms with E-state index >= 15 is 0 Å². The Kier molecular flexibility index (Phi) is 7.13. The average Bonchev–Trinajstić information content (AvgIpc) is 3.19. The molecule has 0 radical (unpaired) electrons. The van der Waals surface area contributed by atoms with Gasteiger partial charge in [0.25, 0.3) is 12.1 Å². The minimum Gasteiger partial charge on any atom is -0.496 e. The second kappa shape index (κ2) is 9.98. The molecule has 1 aromatic heterocycles. The van der Waals surface area contributed by atoms with Crippen LogP contribution in [0.25, 0.3) is 0 Å². The van der Waals surface area contributed by atoms with Crippen molar-refractivity contribution in [2.45, 2.75) is 18.2 Å². The van der Waals surface area contributed by atoms with Crippen molar-refractivity contribution in [1.29, 1.82) is 0 Å². The fourth-order valence-electron chi connectivity index (χ4n) is 2.59. The summed E-state index contributed by atoms with van der Waals surface area (Å²) in [5.74, 6) is 0.458. The largest absolute Gasteiger partial charge is 0.496 e. The molecule has 3 aromatic rings. The van der Waals surface area contributed by atoms with Gasteiger partial charge < -0.3 is 9.47 Å². The number of methoxy groups -OCH3 is 1. The summed E-state index contributed by atoms with van der Waals surface area (Å²) in [6, 6.07) is 10.8. The molecule has 1 heterocycles. The highest BCUT2D eigenvalue weighted by molar-refractivity contribution is 7.98. The molecule has 2 aromatic carbocycles. The van der Waals surface area contributed by atoms with E-state index in [4.69, 9.17) is 9.47 Å². The first kappa shape index (κ1) is 22.2. The summed E-state index contributed by atoms with van der Waals surface area (Å²) < 4.78 is 38.3. The van der Waals surface area contributed by atoms with E-state index in [0.29, 0.717) is 22.6 Å². The molecular weight excluding hydrogens is 432 g/mol. The number of nitro benzene ring substituents is 1. The van der Waals surface area contributed by atoms with E-state index in [9.17, 15) is 18.9 Å². The van der Waals surface area contributed by atoms with E-state index < -0.39 is 17.2 Å². The molecular formula is C19H17F2N5O4S. The van der Waals surface area contributed by atoms with Crippen LogP contribution in [-0.4, -0.2) is 39.4 Å². The van der Waals surface area contributed by atoms with Crippen LogP contribution in [0.3, 0.4) is 0 Å². The van der Waals surface area contributed by atoms with Crippen molar-refractivity contribution in [3.05, 3.63) is 69.5 Å². The number of non-ortho nitro benzene ring substituents is 1. The lowest BCUT2D eigenvalue weighted by atomic mass is 10.1. The van der Waals surface area contributed by atoms with Crippen LogP contribution in [0.1, 0.15) is 23.4 Å². The number of hydrogen-bond acceptors (Lipinski definition) is 8. The fraction of sp³-hybridized carbons (Fsp3) is 0.211. The molecule has 0 bridgehead atoms. The number of aromatic nitrogens is 3. The van der Waals surface area contributed by atoms with E-state index in [2.05, 4.69) is 15.3 Å². The Balaban J connectivity index is 1.80. The third-order valence-electron chi connectivity index (χ3n) is 4.08. The Morgan fingerprint density at radius 3 is 2.61 bits per heavy atom. The fourth-order valence-corrected chi connectivity index (χ4v) is 3.03. The first-order valence-electron chi connectivity index (χ1n) is 8.79. The molecule has 3 rings (SSSR count). The van der Waals surface area contributed by atoms with E-state index in [1.54, 1.807) is 24.5 Å². The number of ether oxygens (including phenoxy) is 2. The minimum absolute atomic E-state index is 0.0371. The number of nitrogens with zero attached hydrogens (tertiary/aromatic N) is 5. The zero-order chi connectivity index (χ0) is 22.4. The van der Waals surface area contributed by atoms with Crippen molar-refractivity contribution in [3.63, 3.8) is 0 Å². The van der Waals surface area contributed by atoms with Crippen molar-refractivity contribution in [1.82, 2.24) is 14.9 Å². The van der Waals surface area contributed by atoms with Crippen LogP contribution in [0.15, 0.2) is 52.7 Å². The summed E-state index contributed by atoms with van der Waals surface area (Å²) in [7, 11) is 1.51. The van der Waals surface area contributed by atoms with Crippen LogP contribution in [0, 0.1) is 10.1 Å².